The van der Waals surface area contributed by atoms with Crippen LogP contribution in [0.4, 0.5) is 0 Å². The van der Waals surface area contributed by atoms with Gasteiger partial charge < -0.3 is 20.1 Å². The van der Waals surface area contributed by atoms with Crippen LogP contribution in [0.15, 0.2) is 11.3 Å². The number of carbonyl (C=O) groups excluding carboxylic acids is 1. The summed E-state index contributed by atoms with van der Waals surface area (Å²) in [6, 6.07) is -0.135. The Balaban J connectivity index is 2.66. The van der Waals surface area contributed by atoms with E-state index in [-0.39, 0.29) is 18.6 Å². The summed E-state index contributed by atoms with van der Waals surface area (Å²) in [6.45, 7) is 4.31. The Hall–Kier alpha value is -1.14. The molecule has 16 heavy (non-hydrogen) atoms. The van der Waals surface area contributed by atoms with Crippen LogP contribution in [0, 0.1) is 0 Å². The zero-order chi connectivity index (χ0) is 12.1. The maximum Gasteiger partial charge on any atom is 0.337 e. The van der Waals surface area contributed by atoms with E-state index in [1.807, 2.05) is 6.92 Å². The molecule has 1 aliphatic heterocycles. The molecule has 0 radical (unpaired) electrons. The lowest BCUT2D eigenvalue weighted by molar-refractivity contribution is -0.140. The molecule has 0 spiro atoms. The molecule has 0 aliphatic carbocycles. The standard InChI is InChI=1S/C10H16N2O3S/c1-6-8(7(2)12-10(16)11-6)9(13)15-5-4-14-3/h6H,4-5H2,1-3H3,(H2,11,12,16). The lowest BCUT2D eigenvalue weighted by Gasteiger charge is -2.26. The van der Waals surface area contributed by atoms with E-state index in [4.69, 9.17) is 21.7 Å². The van der Waals surface area contributed by atoms with Gasteiger partial charge in [-0.3, -0.25) is 0 Å². The van der Waals surface area contributed by atoms with Crippen LogP contribution in [0.5, 0.6) is 0 Å². The molecular formula is C10H16N2O3S. The predicted molar refractivity (Wildman–Crippen MR) is 63.9 cm³/mol. The summed E-state index contributed by atoms with van der Waals surface area (Å²) in [5.41, 5.74) is 1.31. The molecule has 0 bridgehead atoms. The third-order valence-electron chi connectivity index (χ3n) is 2.23. The summed E-state index contributed by atoms with van der Waals surface area (Å²) >= 11 is 4.98. The Labute approximate surface area is 100 Å². The van der Waals surface area contributed by atoms with E-state index in [1.54, 1.807) is 14.0 Å². The van der Waals surface area contributed by atoms with Crippen molar-refractivity contribution in [2.75, 3.05) is 20.3 Å². The highest BCUT2D eigenvalue weighted by molar-refractivity contribution is 7.80. The first-order valence-corrected chi connectivity index (χ1v) is 5.41. The van der Waals surface area contributed by atoms with E-state index in [2.05, 4.69) is 10.6 Å². The molecule has 1 atom stereocenters. The first-order chi connectivity index (χ1) is 7.56. The van der Waals surface area contributed by atoms with Crippen molar-refractivity contribution in [2.24, 2.45) is 0 Å². The fourth-order valence-corrected chi connectivity index (χ4v) is 1.82. The zero-order valence-electron chi connectivity index (χ0n) is 9.62. The molecule has 1 aliphatic rings. The third kappa shape index (κ3) is 3.18. The first-order valence-electron chi connectivity index (χ1n) is 5.00. The van der Waals surface area contributed by atoms with Gasteiger partial charge >= 0.3 is 5.97 Å². The van der Waals surface area contributed by atoms with Crippen LogP contribution in [-0.4, -0.2) is 37.4 Å². The van der Waals surface area contributed by atoms with Crippen molar-refractivity contribution >= 4 is 23.3 Å². The molecule has 1 rings (SSSR count). The number of esters is 1. The van der Waals surface area contributed by atoms with Crippen LogP contribution >= 0.6 is 12.2 Å². The van der Waals surface area contributed by atoms with Crippen molar-refractivity contribution < 1.29 is 14.3 Å². The Morgan fingerprint density at radius 3 is 2.75 bits per heavy atom. The van der Waals surface area contributed by atoms with Gasteiger partial charge in [-0.05, 0) is 26.1 Å². The molecule has 0 saturated carbocycles. The molecule has 0 aromatic carbocycles. The van der Waals surface area contributed by atoms with Gasteiger partial charge in [-0.25, -0.2) is 4.79 Å². The van der Waals surface area contributed by atoms with Gasteiger partial charge in [0, 0.05) is 12.8 Å². The van der Waals surface area contributed by atoms with Gasteiger partial charge in [-0.1, -0.05) is 0 Å². The Morgan fingerprint density at radius 1 is 1.50 bits per heavy atom. The average Bonchev–Trinajstić information content (AvgIpc) is 2.16. The van der Waals surface area contributed by atoms with Crippen LogP contribution in [0.3, 0.4) is 0 Å². The van der Waals surface area contributed by atoms with Crippen molar-refractivity contribution in [1.82, 2.24) is 10.6 Å². The number of thiocarbonyl (C=S) groups is 1. The summed E-state index contributed by atoms with van der Waals surface area (Å²) in [5.74, 6) is -0.343. The minimum absolute atomic E-state index is 0.135. The second kappa shape index (κ2) is 5.81. The van der Waals surface area contributed by atoms with Gasteiger partial charge in [0.1, 0.15) is 6.61 Å². The molecule has 2 N–H and O–H groups in total. The highest BCUT2D eigenvalue weighted by Gasteiger charge is 2.26. The fourth-order valence-electron chi connectivity index (χ4n) is 1.49. The highest BCUT2D eigenvalue weighted by Crippen LogP contribution is 2.13. The molecule has 5 nitrogen and oxygen atoms in total. The molecule has 0 aromatic heterocycles. The SMILES string of the molecule is COCCOC(=O)C1=C(C)NC(=S)NC1C. The lowest BCUT2D eigenvalue weighted by atomic mass is 10.1. The zero-order valence-corrected chi connectivity index (χ0v) is 10.4. The van der Waals surface area contributed by atoms with Crippen molar-refractivity contribution in [2.45, 2.75) is 19.9 Å². The second-order valence-corrected chi connectivity index (χ2v) is 3.90. The van der Waals surface area contributed by atoms with E-state index in [0.717, 1.165) is 5.70 Å². The molecule has 0 saturated heterocycles. The molecule has 1 heterocycles. The smallest absolute Gasteiger partial charge is 0.337 e. The Kier molecular flexibility index (Phi) is 4.70. The summed E-state index contributed by atoms with van der Waals surface area (Å²) in [5, 5.41) is 6.39. The molecule has 0 amide bonds. The highest BCUT2D eigenvalue weighted by atomic mass is 32.1. The number of allylic oxidation sites excluding steroid dienone is 1. The van der Waals surface area contributed by atoms with Gasteiger partial charge in [0.2, 0.25) is 0 Å². The molecule has 6 heteroatoms. The van der Waals surface area contributed by atoms with E-state index < -0.39 is 0 Å². The number of hydrogen-bond donors (Lipinski definition) is 2. The Morgan fingerprint density at radius 2 is 2.19 bits per heavy atom. The summed E-state index contributed by atoms with van der Waals surface area (Å²) in [4.78, 5) is 11.7. The summed E-state index contributed by atoms with van der Waals surface area (Å²) in [6.07, 6.45) is 0. The maximum absolute atomic E-state index is 11.7. The van der Waals surface area contributed by atoms with Crippen LogP contribution in [0.1, 0.15) is 13.8 Å². The predicted octanol–water partition coefficient (Wildman–Crippen LogP) is 0.316. The van der Waals surface area contributed by atoms with E-state index in [0.29, 0.717) is 17.3 Å². The van der Waals surface area contributed by atoms with Crippen molar-refractivity contribution in [3.05, 3.63) is 11.3 Å². The van der Waals surface area contributed by atoms with Gasteiger partial charge in [-0.15, -0.1) is 0 Å². The number of rotatable bonds is 4. The van der Waals surface area contributed by atoms with Gasteiger partial charge in [0.05, 0.1) is 18.2 Å². The van der Waals surface area contributed by atoms with E-state index in [9.17, 15) is 4.79 Å². The Bertz CT molecular complexity index is 328. The first kappa shape index (κ1) is 12.9. The van der Waals surface area contributed by atoms with Gasteiger partial charge in [-0.2, -0.15) is 0 Å². The summed E-state index contributed by atoms with van der Waals surface area (Å²) in [7, 11) is 1.56. The van der Waals surface area contributed by atoms with Crippen molar-refractivity contribution in [3.8, 4) is 0 Å². The normalized spacial score (nSPS) is 20.2. The van der Waals surface area contributed by atoms with E-state index >= 15 is 0 Å². The number of carbonyl (C=O) groups is 1. The van der Waals surface area contributed by atoms with Gasteiger partial charge in [0.15, 0.2) is 5.11 Å². The number of methoxy groups -OCH3 is 1. The van der Waals surface area contributed by atoms with Crippen LogP contribution in [0.25, 0.3) is 0 Å². The minimum atomic E-state index is -0.343. The fraction of sp³-hybridized carbons (Fsp3) is 0.600. The molecule has 0 fully saturated rings. The van der Waals surface area contributed by atoms with Crippen LogP contribution in [-0.2, 0) is 14.3 Å². The monoisotopic (exact) mass is 244 g/mol. The van der Waals surface area contributed by atoms with Gasteiger partial charge in [0.25, 0.3) is 0 Å². The van der Waals surface area contributed by atoms with Crippen molar-refractivity contribution in [1.29, 1.82) is 0 Å². The number of nitrogens with one attached hydrogen (secondary N) is 2. The number of ether oxygens (including phenoxy) is 2. The maximum atomic E-state index is 11.7. The largest absolute Gasteiger partial charge is 0.460 e. The molecule has 0 aromatic rings. The quantitative estimate of drug-likeness (QED) is 0.422. The third-order valence-corrected chi connectivity index (χ3v) is 2.45. The second-order valence-electron chi connectivity index (χ2n) is 3.49. The molecular weight excluding hydrogens is 228 g/mol. The van der Waals surface area contributed by atoms with E-state index in [1.165, 1.54) is 0 Å². The molecule has 90 valence electrons. The minimum Gasteiger partial charge on any atom is -0.460 e. The molecule has 1 unspecified atom stereocenters. The van der Waals surface area contributed by atoms with Crippen LogP contribution < -0.4 is 10.6 Å². The lowest BCUT2D eigenvalue weighted by Crippen LogP contribution is -2.48. The van der Waals surface area contributed by atoms with Crippen molar-refractivity contribution in [3.63, 3.8) is 0 Å². The number of hydrogen-bond acceptors (Lipinski definition) is 4. The topological polar surface area (TPSA) is 59.6 Å². The van der Waals surface area contributed by atoms with Crippen LogP contribution in [0.2, 0.25) is 0 Å². The average molecular weight is 244 g/mol. The summed E-state index contributed by atoms with van der Waals surface area (Å²) < 4.78 is 9.86.